The maximum atomic E-state index is 13.3. The molecule has 0 bridgehead atoms. The van der Waals surface area contributed by atoms with Crippen LogP contribution in [-0.4, -0.2) is 31.2 Å². The second-order valence-corrected chi connectivity index (χ2v) is 6.09. The molecule has 2 aromatic rings. The molecule has 5 nitrogen and oxygen atoms in total. The molecular formula is C19H21FN2O3. The van der Waals surface area contributed by atoms with Crippen LogP contribution in [0.3, 0.4) is 0 Å². The first-order valence-corrected chi connectivity index (χ1v) is 8.25. The van der Waals surface area contributed by atoms with Crippen LogP contribution in [0.15, 0.2) is 42.6 Å². The van der Waals surface area contributed by atoms with Gasteiger partial charge in [0.15, 0.2) is 0 Å². The molecule has 1 aromatic carbocycles. The van der Waals surface area contributed by atoms with Gasteiger partial charge in [0.1, 0.15) is 5.82 Å². The number of carbonyl (C=O) groups excluding carboxylic acids is 1. The summed E-state index contributed by atoms with van der Waals surface area (Å²) in [7, 11) is 1.55. The molecule has 1 saturated heterocycles. The summed E-state index contributed by atoms with van der Waals surface area (Å²) in [6, 6.07) is 9.79. The van der Waals surface area contributed by atoms with Gasteiger partial charge in [0.05, 0.1) is 12.5 Å². The lowest BCUT2D eigenvalue weighted by Crippen LogP contribution is -2.47. The monoisotopic (exact) mass is 344 g/mol. The smallest absolute Gasteiger partial charge is 0.231 e. The molecule has 1 aliphatic heterocycles. The Balaban J connectivity index is 1.78. The lowest BCUT2D eigenvalue weighted by Gasteiger charge is -2.36. The zero-order valence-electron chi connectivity index (χ0n) is 14.1. The number of nitrogens with zero attached hydrogens (tertiary/aromatic N) is 1. The Hall–Kier alpha value is -2.47. The Morgan fingerprint density at radius 3 is 2.68 bits per heavy atom. The van der Waals surface area contributed by atoms with Crippen molar-refractivity contribution < 1.29 is 18.7 Å². The molecule has 0 saturated carbocycles. The number of nitrogens with one attached hydrogen (secondary N) is 1. The third-order valence-corrected chi connectivity index (χ3v) is 4.64. The van der Waals surface area contributed by atoms with E-state index in [-0.39, 0.29) is 11.7 Å². The zero-order chi connectivity index (χ0) is 17.7. The number of benzene rings is 1. The second-order valence-electron chi connectivity index (χ2n) is 6.09. The van der Waals surface area contributed by atoms with Crippen molar-refractivity contribution in [3.8, 4) is 5.88 Å². The largest absolute Gasteiger partial charge is 0.481 e. The molecule has 3 rings (SSSR count). The molecule has 1 aromatic heterocycles. The van der Waals surface area contributed by atoms with E-state index in [1.165, 1.54) is 12.1 Å². The molecule has 1 amide bonds. The molecule has 1 fully saturated rings. The standard InChI is InChI=1S/C19H21FN2O3/c1-24-17-12-14(6-9-21-17)13-22-18(23)19(7-10-25-11-8-19)15-2-4-16(20)5-3-15/h2-6,9,12H,7-8,10-11,13H2,1H3,(H,22,23). The molecular weight excluding hydrogens is 323 g/mol. The van der Waals surface area contributed by atoms with E-state index in [0.29, 0.717) is 38.5 Å². The SMILES string of the molecule is COc1cc(CNC(=O)C2(c3ccc(F)cc3)CCOCC2)ccn1. The molecule has 1 N–H and O–H groups in total. The normalized spacial score (nSPS) is 16.2. The highest BCUT2D eigenvalue weighted by Crippen LogP contribution is 2.35. The third-order valence-electron chi connectivity index (χ3n) is 4.64. The summed E-state index contributed by atoms with van der Waals surface area (Å²) in [6.07, 6.45) is 2.79. The Bertz CT molecular complexity index is 728. The Morgan fingerprint density at radius 1 is 1.28 bits per heavy atom. The Kier molecular flexibility index (Phi) is 5.28. The molecule has 2 heterocycles. The number of rotatable bonds is 5. The molecule has 0 aliphatic carbocycles. The minimum atomic E-state index is -0.691. The minimum Gasteiger partial charge on any atom is -0.481 e. The number of aromatic nitrogens is 1. The first-order valence-electron chi connectivity index (χ1n) is 8.25. The molecule has 0 radical (unpaired) electrons. The molecule has 6 heteroatoms. The van der Waals surface area contributed by atoms with E-state index in [9.17, 15) is 9.18 Å². The fourth-order valence-corrected chi connectivity index (χ4v) is 3.16. The van der Waals surface area contributed by atoms with Crippen LogP contribution < -0.4 is 10.1 Å². The van der Waals surface area contributed by atoms with Gasteiger partial charge in [0.25, 0.3) is 0 Å². The topological polar surface area (TPSA) is 60.5 Å². The zero-order valence-corrected chi connectivity index (χ0v) is 14.1. The van der Waals surface area contributed by atoms with Crippen LogP contribution in [-0.2, 0) is 21.5 Å². The average molecular weight is 344 g/mol. The van der Waals surface area contributed by atoms with Gasteiger partial charge in [-0.1, -0.05) is 12.1 Å². The fraction of sp³-hybridized carbons (Fsp3) is 0.368. The summed E-state index contributed by atoms with van der Waals surface area (Å²) in [5.74, 6) is 0.125. The number of ether oxygens (including phenoxy) is 2. The van der Waals surface area contributed by atoms with E-state index >= 15 is 0 Å². The highest BCUT2D eigenvalue weighted by atomic mass is 19.1. The molecule has 0 spiro atoms. The van der Waals surface area contributed by atoms with Gasteiger partial charge in [-0.05, 0) is 42.2 Å². The highest BCUT2D eigenvalue weighted by Gasteiger charge is 2.41. The summed E-state index contributed by atoms with van der Waals surface area (Å²) < 4.78 is 23.8. The summed E-state index contributed by atoms with van der Waals surface area (Å²) in [5.41, 5.74) is 1.03. The maximum absolute atomic E-state index is 13.3. The van der Waals surface area contributed by atoms with Gasteiger partial charge < -0.3 is 14.8 Å². The Labute approximate surface area is 146 Å². The number of pyridine rings is 1. The van der Waals surface area contributed by atoms with E-state index in [4.69, 9.17) is 9.47 Å². The van der Waals surface area contributed by atoms with Crippen molar-refractivity contribution in [2.24, 2.45) is 0 Å². The first kappa shape index (κ1) is 17.4. The van der Waals surface area contributed by atoms with Crippen molar-refractivity contribution in [3.05, 3.63) is 59.5 Å². The van der Waals surface area contributed by atoms with E-state index in [1.807, 2.05) is 6.07 Å². The van der Waals surface area contributed by atoms with Gasteiger partial charge in [-0.2, -0.15) is 0 Å². The van der Waals surface area contributed by atoms with Crippen molar-refractivity contribution in [2.75, 3.05) is 20.3 Å². The van der Waals surface area contributed by atoms with Crippen LogP contribution in [0.2, 0.25) is 0 Å². The number of hydrogen-bond donors (Lipinski definition) is 1. The van der Waals surface area contributed by atoms with Crippen molar-refractivity contribution in [2.45, 2.75) is 24.8 Å². The van der Waals surface area contributed by atoms with Gasteiger partial charge in [0.2, 0.25) is 11.8 Å². The fourth-order valence-electron chi connectivity index (χ4n) is 3.16. The van der Waals surface area contributed by atoms with Crippen molar-refractivity contribution >= 4 is 5.91 Å². The Morgan fingerprint density at radius 2 is 2.00 bits per heavy atom. The first-order chi connectivity index (χ1) is 12.1. The number of methoxy groups -OCH3 is 1. The van der Waals surface area contributed by atoms with Crippen LogP contribution >= 0.6 is 0 Å². The number of halogens is 1. The maximum Gasteiger partial charge on any atom is 0.231 e. The number of hydrogen-bond acceptors (Lipinski definition) is 4. The van der Waals surface area contributed by atoms with Crippen LogP contribution in [0.25, 0.3) is 0 Å². The number of amides is 1. The third kappa shape index (κ3) is 3.79. The molecule has 1 aliphatic rings. The quantitative estimate of drug-likeness (QED) is 0.906. The van der Waals surface area contributed by atoms with Crippen LogP contribution in [0, 0.1) is 5.82 Å². The van der Waals surface area contributed by atoms with E-state index in [2.05, 4.69) is 10.3 Å². The second kappa shape index (κ2) is 7.61. The lowest BCUT2D eigenvalue weighted by atomic mass is 9.73. The summed E-state index contributed by atoms with van der Waals surface area (Å²) in [4.78, 5) is 17.1. The van der Waals surface area contributed by atoms with Gasteiger partial charge >= 0.3 is 0 Å². The molecule has 132 valence electrons. The lowest BCUT2D eigenvalue weighted by molar-refractivity contribution is -0.130. The predicted octanol–water partition coefficient (Wildman–Crippen LogP) is 2.59. The minimum absolute atomic E-state index is 0.0711. The van der Waals surface area contributed by atoms with E-state index in [1.54, 1.807) is 31.5 Å². The van der Waals surface area contributed by atoms with Crippen molar-refractivity contribution in [1.82, 2.24) is 10.3 Å². The van der Waals surface area contributed by atoms with Gasteiger partial charge in [-0.15, -0.1) is 0 Å². The van der Waals surface area contributed by atoms with Crippen LogP contribution in [0.5, 0.6) is 5.88 Å². The van der Waals surface area contributed by atoms with Crippen molar-refractivity contribution in [1.29, 1.82) is 0 Å². The predicted molar refractivity (Wildman–Crippen MR) is 90.8 cm³/mol. The van der Waals surface area contributed by atoms with Crippen molar-refractivity contribution in [3.63, 3.8) is 0 Å². The molecule has 0 atom stereocenters. The summed E-state index contributed by atoms with van der Waals surface area (Å²) >= 11 is 0. The van der Waals surface area contributed by atoms with Gasteiger partial charge in [0, 0.05) is 32.0 Å². The summed E-state index contributed by atoms with van der Waals surface area (Å²) in [5, 5.41) is 3.00. The van der Waals surface area contributed by atoms with Crippen LogP contribution in [0.4, 0.5) is 4.39 Å². The highest BCUT2D eigenvalue weighted by molar-refractivity contribution is 5.88. The van der Waals surface area contributed by atoms with Crippen LogP contribution in [0.1, 0.15) is 24.0 Å². The molecule has 25 heavy (non-hydrogen) atoms. The van der Waals surface area contributed by atoms with E-state index < -0.39 is 5.41 Å². The average Bonchev–Trinajstić information content (AvgIpc) is 2.67. The van der Waals surface area contributed by atoms with Gasteiger partial charge in [-0.3, -0.25) is 4.79 Å². The van der Waals surface area contributed by atoms with E-state index in [0.717, 1.165) is 11.1 Å². The number of carbonyl (C=O) groups is 1. The molecule has 0 unspecified atom stereocenters. The van der Waals surface area contributed by atoms with Gasteiger partial charge in [-0.25, -0.2) is 9.37 Å². The summed E-state index contributed by atoms with van der Waals surface area (Å²) in [6.45, 7) is 1.39.